The molecular formula is C11H15Cl2N3O2. The molecule has 1 aromatic rings. The predicted molar refractivity (Wildman–Crippen MR) is 69.7 cm³/mol. The quantitative estimate of drug-likeness (QED) is 0.588. The summed E-state index contributed by atoms with van der Waals surface area (Å²) in [4.78, 5) is 20.8. The Labute approximate surface area is 116 Å². The normalized spacial score (nSPS) is 12.6. The topological polar surface area (TPSA) is 55.3 Å². The summed E-state index contributed by atoms with van der Waals surface area (Å²) in [6.07, 6.45) is -0.382. The summed E-state index contributed by atoms with van der Waals surface area (Å²) < 4.78 is 4.89. The van der Waals surface area contributed by atoms with Gasteiger partial charge in [0, 0.05) is 5.56 Å². The zero-order chi connectivity index (χ0) is 13.7. The van der Waals surface area contributed by atoms with E-state index >= 15 is 0 Å². The SMILES string of the molecule is CC.CCOC(=O)N1Cc2nc(Cl)nc(Cl)c2C1. The summed E-state index contributed by atoms with van der Waals surface area (Å²) in [6.45, 7) is 6.82. The lowest BCUT2D eigenvalue weighted by Crippen LogP contribution is -2.26. The second-order valence-electron chi connectivity index (χ2n) is 3.26. The molecule has 0 saturated carbocycles. The van der Waals surface area contributed by atoms with E-state index in [4.69, 9.17) is 27.9 Å². The van der Waals surface area contributed by atoms with Gasteiger partial charge < -0.3 is 4.74 Å². The van der Waals surface area contributed by atoms with Gasteiger partial charge in [-0.3, -0.25) is 4.90 Å². The van der Waals surface area contributed by atoms with Crippen LogP contribution in [0.5, 0.6) is 0 Å². The number of hydrogen-bond acceptors (Lipinski definition) is 4. The molecule has 2 rings (SSSR count). The lowest BCUT2D eigenvalue weighted by atomic mass is 10.3. The van der Waals surface area contributed by atoms with Gasteiger partial charge in [-0.2, -0.15) is 0 Å². The summed E-state index contributed by atoms with van der Waals surface area (Å²) >= 11 is 11.6. The van der Waals surface area contributed by atoms with Crippen molar-refractivity contribution >= 4 is 29.3 Å². The van der Waals surface area contributed by atoms with Crippen molar-refractivity contribution in [1.82, 2.24) is 14.9 Å². The minimum absolute atomic E-state index is 0.0921. The Morgan fingerprint density at radius 3 is 2.61 bits per heavy atom. The average molecular weight is 292 g/mol. The van der Waals surface area contributed by atoms with Gasteiger partial charge in [-0.1, -0.05) is 25.4 Å². The molecule has 7 heteroatoms. The molecule has 1 aliphatic heterocycles. The van der Waals surface area contributed by atoms with E-state index in [9.17, 15) is 4.79 Å². The van der Waals surface area contributed by atoms with Crippen LogP contribution in [0, 0.1) is 0 Å². The van der Waals surface area contributed by atoms with Gasteiger partial charge in [-0.25, -0.2) is 14.8 Å². The second-order valence-corrected chi connectivity index (χ2v) is 3.96. The molecule has 0 spiro atoms. The molecule has 2 heterocycles. The summed E-state index contributed by atoms with van der Waals surface area (Å²) in [5.74, 6) is 0. The van der Waals surface area contributed by atoms with E-state index in [0.717, 1.165) is 5.56 Å². The zero-order valence-corrected chi connectivity index (χ0v) is 12.0. The highest BCUT2D eigenvalue weighted by molar-refractivity contribution is 6.32. The smallest absolute Gasteiger partial charge is 0.410 e. The average Bonchev–Trinajstić information content (AvgIpc) is 2.76. The van der Waals surface area contributed by atoms with Gasteiger partial charge in [-0.15, -0.1) is 0 Å². The third-order valence-electron chi connectivity index (χ3n) is 2.23. The van der Waals surface area contributed by atoms with Gasteiger partial charge in [0.1, 0.15) is 5.15 Å². The number of nitrogens with zero attached hydrogens (tertiary/aromatic N) is 3. The van der Waals surface area contributed by atoms with Crippen LogP contribution < -0.4 is 0 Å². The first-order valence-electron chi connectivity index (χ1n) is 5.74. The van der Waals surface area contributed by atoms with Crippen molar-refractivity contribution in [2.45, 2.75) is 33.9 Å². The number of hydrogen-bond donors (Lipinski definition) is 0. The van der Waals surface area contributed by atoms with Crippen LogP contribution in [-0.4, -0.2) is 27.6 Å². The zero-order valence-electron chi connectivity index (χ0n) is 10.5. The molecule has 0 bridgehead atoms. The van der Waals surface area contributed by atoms with Crippen LogP contribution in [0.25, 0.3) is 0 Å². The molecule has 0 N–H and O–H groups in total. The first-order chi connectivity index (χ1) is 8.61. The second kappa shape index (κ2) is 6.75. The fraction of sp³-hybridized carbons (Fsp3) is 0.545. The molecule has 0 aliphatic carbocycles. The monoisotopic (exact) mass is 291 g/mol. The van der Waals surface area contributed by atoms with Crippen molar-refractivity contribution in [3.05, 3.63) is 21.7 Å². The van der Waals surface area contributed by atoms with Gasteiger partial charge >= 0.3 is 6.09 Å². The van der Waals surface area contributed by atoms with Gasteiger partial charge in [0.2, 0.25) is 5.28 Å². The van der Waals surface area contributed by atoms with E-state index in [2.05, 4.69) is 9.97 Å². The van der Waals surface area contributed by atoms with Crippen LogP contribution in [0.4, 0.5) is 4.79 Å². The summed E-state index contributed by atoms with van der Waals surface area (Å²) in [5.41, 5.74) is 1.41. The minimum atomic E-state index is -0.382. The van der Waals surface area contributed by atoms with E-state index in [0.29, 0.717) is 30.5 Å². The predicted octanol–water partition coefficient (Wildman–Crippen LogP) is 3.28. The van der Waals surface area contributed by atoms with Crippen LogP contribution in [-0.2, 0) is 17.8 Å². The van der Waals surface area contributed by atoms with Crippen LogP contribution >= 0.6 is 23.2 Å². The fourth-order valence-electron chi connectivity index (χ4n) is 1.53. The molecule has 18 heavy (non-hydrogen) atoms. The molecular weight excluding hydrogens is 277 g/mol. The van der Waals surface area contributed by atoms with Gasteiger partial charge in [0.05, 0.1) is 25.4 Å². The van der Waals surface area contributed by atoms with Crippen molar-refractivity contribution < 1.29 is 9.53 Å². The van der Waals surface area contributed by atoms with Crippen LogP contribution in [0.1, 0.15) is 32.0 Å². The Hall–Kier alpha value is -1.07. The number of ether oxygens (including phenoxy) is 1. The van der Waals surface area contributed by atoms with E-state index in [-0.39, 0.29) is 11.4 Å². The van der Waals surface area contributed by atoms with Crippen molar-refractivity contribution in [2.24, 2.45) is 0 Å². The highest BCUT2D eigenvalue weighted by Gasteiger charge is 2.28. The number of fused-ring (bicyclic) bond motifs is 1. The summed E-state index contributed by atoms with van der Waals surface area (Å²) in [6, 6.07) is 0. The molecule has 5 nitrogen and oxygen atoms in total. The van der Waals surface area contributed by atoms with E-state index in [1.165, 1.54) is 4.90 Å². The lowest BCUT2D eigenvalue weighted by molar-refractivity contribution is 0.106. The first-order valence-corrected chi connectivity index (χ1v) is 6.50. The van der Waals surface area contributed by atoms with Crippen molar-refractivity contribution in [1.29, 1.82) is 0 Å². The maximum atomic E-state index is 11.5. The maximum absolute atomic E-state index is 11.5. The van der Waals surface area contributed by atoms with Gasteiger partial charge in [-0.05, 0) is 18.5 Å². The maximum Gasteiger partial charge on any atom is 0.410 e. The lowest BCUT2D eigenvalue weighted by Gasteiger charge is -2.13. The largest absolute Gasteiger partial charge is 0.450 e. The highest BCUT2D eigenvalue weighted by Crippen LogP contribution is 2.27. The Morgan fingerprint density at radius 2 is 2.00 bits per heavy atom. The number of amides is 1. The third kappa shape index (κ3) is 3.23. The summed E-state index contributed by atoms with van der Waals surface area (Å²) in [7, 11) is 0. The van der Waals surface area contributed by atoms with Crippen LogP contribution in [0.2, 0.25) is 10.4 Å². The Bertz CT molecular complexity index is 441. The summed E-state index contributed by atoms with van der Waals surface area (Å²) in [5, 5.41) is 0.385. The molecule has 1 aromatic heterocycles. The number of rotatable bonds is 1. The number of aromatic nitrogens is 2. The first kappa shape index (κ1) is 15.0. The molecule has 0 fully saturated rings. The molecule has 0 aromatic carbocycles. The molecule has 0 unspecified atom stereocenters. The third-order valence-corrected chi connectivity index (χ3v) is 2.71. The molecule has 1 amide bonds. The minimum Gasteiger partial charge on any atom is -0.450 e. The van der Waals surface area contributed by atoms with Crippen molar-refractivity contribution in [3.8, 4) is 0 Å². The fourth-order valence-corrected chi connectivity index (χ4v) is 2.01. The number of carbonyl (C=O) groups excluding carboxylic acids is 1. The molecule has 1 aliphatic rings. The van der Waals surface area contributed by atoms with Crippen LogP contribution in [0.15, 0.2) is 0 Å². The number of carbonyl (C=O) groups is 1. The van der Waals surface area contributed by atoms with Gasteiger partial charge in [0.25, 0.3) is 0 Å². The molecule has 0 radical (unpaired) electrons. The van der Waals surface area contributed by atoms with Crippen molar-refractivity contribution in [2.75, 3.05) is 6.61 Å². The Kier molecular flexibility index (Phi) is 5.62. The molecule has 0 saturated heterocycles. The Morgan fingerprint density at radius 1 is 1.33 bits per heavy atom. The number of halogens is 2. The van der Waals surface area contributed by atoms with E-state index in [1.54, 1.807) is 6.92 Å². The highest BCUT2D eigenvalue weighted by atomic mass is 35.5. The van der Waals surface area contributed by atoms with Crippen molar-refractivity contribution in [3.63, 3.8) is 0 Å². The Balaban J connectivity index is 0.000000771. The molecule has 100 valence electrons. The van der Waals surface area contributed by atoms with E-state index in [1.807, 2.05) is 13.8 Å². The van der Waals surface area contributed by atoms with E-state index < -0.39 is 0 Å². The van der Waals surface area contributed by atoms with Gasteiger partial charge in [0.15, 0.2) is 0 Å². The van der Waals surface area contributed by atoms with Crippen LogP contribution in [0.3, 0.4) is 0 Å². The molecule has 0 atom stereocenters. The standard InChI is InChI=1S/C9H9Cl2N3O2.C2H6/c1-2-16-9(15)14-3-5-6(4-14)12-8(11)13-7(5)10;1-2/h2-4H2,1H3;1-2H3.